The molecule has 3 aromatic rings. The third-order valence-corrected chi connectivity index (χ3v) is 7.05. The smallest absolute Gasteiger partial charge is 0.341 e. The monoisotopic (exact) mass is 546 g/mol. The number of nitrogens with zero attached hydrogens (tertiary/aromatic N) is 2. The molecule has 2 heterocycles. The number of aromatic nitrogens is 1. The Morgan fingerprint density at radius 3 is 2.55 bits per heavy atom. The topological polar surface area (TPSA) is 118 Å². The van der Waals surface area contributed by atoms with E-state index >= 15 is 4.39 Å². The SMILES string of the molecule is COCCC(CO)n1cc(C(=O)O)c(=O)c2cc(Cc3cc(N4CCCC4=O)cc(Cl)c3F)c(OC)cc21. The Morgan fingerprint density at radius 2 is 1.95 bits per heavy atom. The second-order valence-electron chi connectivity index (χ2n) is 9.11. The molecule has 0 spiro atoms. The number of aliphatic hydroxyl groups excluding tert-OH is 1. The quantitative estimate of drug-likeness (QED) is 0.397. The number of benzene rings is 2. The predicted molar refractivity (Wildman–Crippen MR) is 140 cm³/mol. The molecule has 2 N–H and O–H groups in total. The van der Waals surface area contributed by atoms with Crippen LogP contribution in [0, 0.1) is 5.82 Å². The number of aliphatic hydroxyl groups is 1. The summed E-state index contributed by atoms with van der Waals surface area (Å²) in [4.78, 5) is 38.9. The number of pyridine rings is 1. The van der Waals surface area contributed by atoms with Crippen molar-refractivity contribution in [2.45, 2.75) is 31.7 Å². The van der Waals surface area contributed by atoms with Crippen molar-refractivity contribution in [3.63, 3.8) is 0 Å². The van der Waals surface area contributed by atoms with E-state index in [-0.39, 0.29) is 34.9 Å². The predicted octanol–water partition coefficient (Wildman–Crippen LogP) is 3.79. The van der Waals surface area contributed by atoms with Crippen LogP contribution >= 0.6 is 11.6 Å². The maximum atomic E-state index is 15.1. The molecule has 1 saturated heterocycles. The first kappa shape index (κ1) is 27.6. The van der Waals surface area contributed by atoms with Gasteiger partial charge in [0.1, 0.15) is 17.1 Å². The Morgan fingerprint density at radius 1 is 1.18 bits per heavy atom. The van der Waals surface area contributed by atoms with Crippen LogP contribution in [0.3, 0.4) is 0 Å². The minimum absolute atomic E-state index is 0.0373. The van der Waals surface area contributed by atoms with Crippen molar-refractivity contribution in [2.24, 2.45) is 0 Å². The summed E-state index contributed by atoms with van der Waals surface area (Å²) in [6.07, 6.45) is 2.63. The number of fused-ring (bicyclic) bond motifs is 1. The highest BCUT2D eigenvalue weighted by Crippen LogP contribution is 2.34. The summed E-state index contributed by atoms with van der Waals surface area (Å²) in [5.41, 5.74) is 0.259. The molecule has 0 saturated carbocycles. The van der Waals surface area contributed by atoms with Gasteiger partial charge in [-0.25, -0.2) is 9.18 Å². The van der Waals surface area contributed by atoms with Gasteiger partial charge < -0.3 is 29.2 Å². The lowest BCUT2D eigenvalue weighted by atomic mass is 9.99. The molecule has 1 unspecified atom stereocenters. The summed E-state index contributed by atoms with van der Waals surface area (Å²) in [6, 6.07) is 5.43. The van der Waals surface area contributed by atoms with Gasteiger partial charge in [0.15, 0.2) is 0 Å². The molecule has 0 bridgehead atoms. The van der Waals surface area contributed by atoms with Gasteiger partial charge >= 0.3 is 5.97 Å². The number of carbonyl (C=O) groups is 2. The largest absolute Gasteiger partial charge is 0.496 e. The van der Waals surface area contributed by atoms with Crippen LogP contribution in [0.25, 0.3) is 10.9 Å². The minimum atomic E-state index is -1.41. The third kappa shape index (κ3) is 5.24. The summed E-state index contributed by atoms with van der Waals surface area (Å²) < 4.78 is 27.3. The maximum absolute atomic E-state index is 15.1. The Hall–Kier alpha value is -3.47. The van der Waals surface area contributed by atoms with Crippen molar-refractivity contribution in [2.75, 3.05) is 38.9 Å². The van der Waals surface area contributed by atoms with E-state index in [0.717, 1.165) is 0 Å². The number of rotatable bonds is 10. The van der Waals surface area contributed by atoms with Crippen molar-refractivity contribution in [1.82, 2.24) is 4.57 Å². The normalized spacial score (nSPS) is 14.3. The average molecular weight is 547 g/mol. The lowest BCUT2D eigenvalue weighted by molar-refractivity contribution is -0.117. The number of hydrogen-bond acceptors (Lipinski definition) is 6. The Labute approximate surface area is 223 Å². The second kappa shape index (κ2) is 11.5. The van der Waals surface area contributed by atoms with Crippen LogP contribution in [0.5, 0.6) is 5.75 Å². The van der Waals surface area contributed by atoms with Gasteiger partial charge in [-0.3, -0.25) is 9.59 Å². The van der Waals surface area contributed by atoms with Gasteiger partial charge in [0.05, 0.1) is 30.3 Å². The fraction of sp³-hybridized carbons (Fsp3) is 0.370. The molecule has 38 heavy (non-hydrogen) atoms. The molecule has 9 nitrogen and oxygen atoms in total. The van der Waals surface area contributed by atoms with Crippen LogP contribution in [-0.4, -0.2) is 60.6 Å². The van der Waals surface area contributed by atoms with Gasteiger partial charge in [0.2, 0.25) is 11.3 Å². The molecule has 0 aliphatic carbocycles. The van der Waals surface area contributed by atoms with Gasteiger partial charge in [-0.1, -0.05) is 11.6 Å². The Bertz CT molecular complexity index is 1460. The molecule has 1 aliphatic heterocycles. The number of carboxylic acid groups (broad SMARTS) is 1. The molecule has 2 aromatic carbocycles. The van der Waals surface area contributed by atoms with E-state index in [0.29, 0.717) is 54.9 Å². The van der Waals surface area contributed by atoms with Crippen LogP contribution in [0.4, 0.5) is 10.1 Å². The minimum Gasteiger partial charge on any atom is -0.496 e. The first-order valence-corrected chi connectivity index (χ1v) is 12.4. The summed E-state index contributed by atoms with van der Waals surface area (Å²) >= 11 is 6.18. The Balaban J connectivity index is 1.88. The van der Waals surface area contributed by atoms with Crippen molar-refractivity contribution in [3.8, 4) is 5.75 Å². The number of anilines is 1. The van der Waals surface area contributed by atoms with Gasteiger partial charge in [-0.05, 0) is 42.2 Å². The molecule has 4 rings (SSSR count). The number of carboxylic acids is 1. The van der Waals surface area contributed by atoms with Crippen molar-refractivity contribution in [1.29, 1.82) is 0 Å². The van der Waals surface area contributed by atoms with E-state index in [1.807, 2.05) is 0 Å². The fourth-order valence-corrected chi connectivity index (χ4v) is 5.05. The summed E-state index contributed by atoms with van der Waals surface area (Å²) in [6.45, 7) is 0.481. The van der Waals surface area contributed by atoms with Crippen LogP contribution in [0.1, 0.15) is 46.8 Å². The molecule has 1 aliphatic rings. The highest BCUT2D eigenvalue weighted by molar-refractivity contribution is 6.31. The molecule has 1 amide bonds. The van der Waals surface area contributed by atoms with Crippen molar-refractivity contribution in [3.05, 3.63) is 68.2 Å². The molecule has 1 fully saturated rings. The van der Waals surface area contributed by atoms with E-state index < -0.39 is 28.8 Å². The zero-order valence-electron chi connectivity index (χ0n) is 21.0. The van der Waals surface area contributed by atoms with Crippen LogP contribution in [0.15, 0.2) is 35.3 Å². The van der Waals surface area contributed by atoms with Crippen LogP contribution in [0.2, 0.25) is 5.02 Å². The fourth-order valence-electron chi connectivity index (χ4n) is 4.82. The van der Waals surface area contributed by atoms with E-state index in [4.69, 9.17) is 21.1 Å². The lowest BCUT2D eigenvalue weighted by Crippen LogP contribution is -2.24. The van der Waals surface area contributed by atoms with Gasteiger partial charge in [0.25, 0.3) is 0 Å². The average Bonchev–Trinajstić information content (AvgIpc) is 3.33. The molecule has 202 valence electrons. The van der Waals surface area contributed by atoms with E-state index in [2.05, 4.69) is 0 Å². The van der Waals surface area contributed by atoms with Crippen molar-refractivity contribution >= 4 is 40.1 Å². The molecular formula is C27H28ClFN2O7. The molecule has 11 heteroatoms. The molecule has 1 aromatic heterocycles. The number of carbonyl (C=O) groups excluding carboxylic acids is 1. The second-order valence-corrected chi connectivity index (χ2v) is 9.52. The molecule has 0 radical (unpaired) electrons. The Kier molecular flexibility index (Phi) is 8.35. The van der Waals surface area contributed by atoms with Crippen molar-refractivity contribution < 1.29 is 33.7 Å². The van der Waals surface area contributed by atoms with Gasteiger partial charge in [0, 0.05) is 56.4 Å². The molecule has 1 atom stereocenters. The van der Waals surface area contributed by atoms with Crippen LogP contribution in [-0.2, 0) is 16.0 Å². The number of halogens is 2. The van der Waals surface area contributed by atoms with E-state index in [1.54, 1.807) is 17.0 Å². The number of aromatic carboxylic acids is 1. The third-order valence-electron chi connectivity index (χ3n) is 6.78. The number of methoxy groups -OCH3 is 2. The van der Waals surface area contributed by atoms with Crippen LogP contribution < -0.4 is 15.1 Å². The first-order valence-electron chi connectivity index (χ1n) is 12.1. The van der Waals surface area contributed by atoms with Gasteiger partial charge in [-0.15, -0.1) is 0 Å². The zero-order chi connectivity index (χ0) is 27.6. The molecular weight excluding hydrogens is 519 g/mol. The lowest BCUT2D eigenvalue weighted by Gasteiger charge is -2.22. The number of hydrogen-bond donors (Lipinski definition) is 2. The van der Waals surface area contributed by atoms with E-state index in [9.17, 15) is 24.6 Å². The highest BCUT2D eigenvalue weighted by Gasteiger charge is 2.25. The summed E-state index contributed by atoms with van der Waals surface area (Å²) in [5, 5.41) is 19.6. The number of amides is 1. The number of ether oxygens (including phenoxy) is 2. The summed E-state index contributed by atoms with van der Waals surface area (Å²) in [7, 11) is 2.94. The summed E-state index contributed by atoms with van der Waals surface area (Å²) in [5.74, 6) is -1.82. The first-order chi connectivity index (χ1) is 18.2. The van der Waals surface area contributed by atoms with E-state index in [1.165, 1.54) is 37.1 Å². The van der Waals surface area contributed by atoms with Gasteiger partial charge in [-0.2, -0.15) is 0 Å². The maximum Gasteiger partial charge on any atom is 0.341 e. The zero-order valence-corrected chi connectivity index (χ0v) is 21.8. The standard InChI is InChI=1S/C27H28ClFN2O7/c1-37-7-5-17(14-32)31-13-20(27(35)36)26(34)19-10-15(23(38-2)12-22(19)31)8-16-9-18(11-21(28)25(16)29)30-6-3-4-24(30)33/h9-13,17,32H,3-8,14H2,1-2H3,(H,35,36). The highest BCUT2D eigenvalue weighted by atomic mass is 35.5.